The van der Waals surface area contributed by atoms with Gasteiger partial charge in [0.15, 0.2) is 0 Å². The first-order chi connectivity index (χ1) is 14.5. The summed E-state index contributed by atoms with van der Waals surface area (Å²) in [6.45, 7) is 3.81. The molecule has 0 aliphatic carbocycles. The molecule has 152 valence electrons. The number of carbonyl (C=O) groups excluding carboxylic acids is 2. The summed E-state index contributed by atoms with van der Waals surface area (Å²) in [6.07, 6.45) is 1.40. The zero-order valence-electron chi connectivity index (χ0n) is 16.5. The fourth-order valence-corrected chi connectivity index (χ4v) is 3.29. The van der Waals surface area contributed by atoms with Crippen LogP contribution in [0, 0.1) is 6.92 Å². The van der Waals surface area contributed by atoms with Crippen molar-refractivity contribution in [3.05, 3.63) is 70.2 Å². The lowest BCUT2D eigenvalue weighted by atomic mass is 10.1. The molecule has 0 atom stereocenters. The normalized spacial score (nSPS) is 11.0. The lowest BCUT2D eigenvalue weighted by molar-refractivity contribution is -0.116. The SMILES string of the molecule is CCOC(=O)c1cccc(NC(=O)Cn2ncc3c(=O)oc4ccc(C)cc4c32)c1. The molecule has 1 amide bonds. The van der Waals surface area contributed by atoms with E-state index < -0.39 is 11.6 Å². The number of rotatable bonds is 5. The Labute approximate surface area is 171 Å². The van der Waals surface area contributed by atoms with E-state index in [9.17, 15) is 14.4 Å². The molecule has 0 aliphatic heterocycles. The maximum absolute atomic E-state index is 12.6. The number of nitrogens with one attached hydrogen (secondary N) is 1. The standard InChI is InChI=1S/C22H19N3O5/c1-3-29-21(27)14-5-4-6-15(10-14)24-19(26)12-25-20-16-9-13(2)7-8-18(16)30-22(28)17(20)11-23-25/h4-11H,3,12H2,1-2H3,(H,24,26). The summed E-state index contributed by atoms with van der Waals surface area (Å²) in [5, 5.41) is 7.97. The van der Waals surface area contributed by atoms with E-state index in [0.717, 1.165) is 5.56 Å². The lowest BCUT2D eigenvalue weighted by Gasteiger charge is -2.09. The van der Waals surface area contributed by atoms with Crippen LogP contribution >= 0.6 is 0 Å². The van der Waals surface area contributed by atoms with Crippen molar-refractivity contribution in [1.82, 2.24) is 9.78 Å². The zero-order chi connectivity index (χ0) is 21.3. The Morgan fingerprint density at radius 2 is 2.00 bits per heavy atom. The minimum absolute atomic E-state index is 0.111. The Morgan fingerprint density at radius 1 is 1.17 bits per heavy atom. The molecule has 8 nitrogen and oxygen atoms in total. The molecule has 0 saturated heterocycles. The summed E-state index contributed by atoms with van der Waals surface area (Å²) < 4.78 is 11.8. The number of benzene rings is 2. The van der Waals surface area contributed by atoms with Crippen molar-refractivity contribution in [2.45, 2.75) is 20.4 Å². The van der Waals surface area contributed by atoms with Gasteiger partial charge in [-0.3, -0.25) is 9.48 Å². The summed E-state index contributed by atoms with van der Waals surface area (Å²) in [5.41, 5.74) is 2.27. The van der Waals surface area contributed by atoms with Crippen molar-refractivity contribution in [2.24, 2.45) is 0 Å². The molecule has 4 rings (SSSR count). The summed E-state index contributed by atoms with van der Waals surface area (Å²) in [6, 6.07) is 12.0. The summed E-state index contributed by atoms with van der Waals surface area (Å²) in [7, 11) is 0. The van der Waals surface area contributed by atoms with Gasteiger partial charge in [0.2, 0.25) is 5.91 Å². The molecule has 2 aromatic heterocycles. The van der Waals surface area contributed by atoms with Crippen molar-refractivity contribution < 1.29 is 18.7 Å². The molecule has 2 aromatic carbocycles. The fraction of sp³-hybridized carbons (Fsp3) is 0.182. The van der Waals surface area contributed by atoms with Crippen LogP contribution in [0.25, 0.3) is 21.9 Å². The van der Waals surface area contributed by atoms with Crippen molar-refractivity contribution >= 4 is 39.4 Å². The summed E-state index contributed by atoms with van der Waals surface area (Å²) in [4.78, 5) is 36.8. The number of carbonyl (C=O) groups is 2. The minimum atomic E-state index is -0.504. The van der Waals surface area contributed by atoms with Crippen LogP contribution in [0.4, 0.5) is 5.69 Å². The van der Waals surface area contributed by atoms with E-state index in [1.165, 1.54) is 10.9 Å². The third-order valence-electron chi connectivity index (χ3n) is 4.60. The number of hydrogen-bond acceptors (Lipinski definition) is 6. The quantitative estimate of drug-likeness (QED) is 0.404. The fourth-order valence-electron chi connectivity index (χ4n) is 3.29. The summed E-state index contributed by atoms with van der Waals surface area (Å²) >= 11 is 0. The lowest BCUT2D eigenvalue weighted by Crippen LogP contribution is -2.20. The molecule has 1 N–H and O–H groups in total. The molecular weight excluding hydrogens is 386 g/mol. The first-order valence-electron chi connectivity index (χ1n) is 9.42. The number of hydrogen-bond donors (Lipinski definition) is 1. The second kappa shape index (κ2) is 7.82. The van der Waals surface area contributed by atoms with Gasteiger partial charge in [-0.05, 0) is 44.2 Å². The zero-order valence-corrected chi connectivity index (χ0v) is 16.5. The predicted molar refractivity (Wildman–Crippen MR) is 112 cm³/mol. The van der Waals surface area contributed by atoms with E-state index in [-0.39, 0.29) is 19.1 Å². The molecule has 2 heterocycles. The smallest absolute Gasteiger partial charge is 0.347 e. The highest BCUT2D eigenvalue weighted by molar-refractivity contribution is 6.03. The van der Waals surface area contributed by atoms with Gasteiger partial charge in [-0.1, -0.05) is 17.7 Å². The van der Waals surface area contributed by atoms with E-state index in [0.29, 0.717) is 33.1 Å². The van der Waals surface area contributed by atoms with E-state index in [1.807, 2.05) is 19.1 Å². The van der Waals surface area contributed by atoms with Gasteiger partial charge in [0.1, 0.15) is 17.5 Å². The monoisotopic (exact) mass is 405 g/mol. The van der Waals surface area contributed by atoms with E-state index in [2.05, 4.69) is 10.4 Å². The van der Waals surface area contributed by atoms with Crippen LogP contribution in [0.3, 0.4) is 0 Å². The number of aryl methyl sites for hydroxylation is 1. The first-order valence-corrected chi connectivity index (χ1v) is 9.42. The van der Waals surface area contributed by atoms with Crippen molar-refractivity contribution in [1.29, 1.82) is 0 Å². The Balaban J connectivity index is 1.64. The Morgan fingerprint density at radius 3 is 2.80 bits per heavy atom. The third-order valence-corrected chi connectivity index (χ3v) is 4.60. The second-order valence-electron chi connectivity index (χ2n) is 6.80. The number of ether oxygens (including phenoxy) is 1. The van der Waals surface area contributed by atoms with E-state index in [1.54, 1.807) is 37.3 Å². The van der Waals surface area contributed by atoms with Crippen molar-refractivity contribution in [3.8, 4) is 0 Å². The molecule has 0 unspecified atom stereocenters. The molecule has 0 fully saturated rings. The average molecular weight is 405 g/mol. The van der Waals surface area contributed by atoms with E-state index in [4.69, 9.17) is 9.15 Å². The number of nitrogens with zero attached hydrogens (tertiary/aromatic N) is 2. The summed E-state index contributed by atoms with van der Waals surface area (Å²) in [5.74, 6) is -0.810. The largest absolute Gasteiger partial charge is 0.462 e. The van der Waals surface area contributed by atoms with Crippen LogP contribution in [0.1, 0.15) is 22.8 Å². The van der Waals surface area contributed by atoms with Crippen LogP contribution < -0.4 is 10.9 Å². The van der Waals surface area contributed by atoms with Crippen LogP contribution in [0.5, 0.6) is 0 Å². The Kier molecular flexibility index (Phi) is 5.05. The molecule has 0 radical (unpaired) electrons. The van der Waals surface area contributed by atoms with Crippen LogP contribution in [0.15, 0.2) is 57.9 Å². The van der Waals surface area contributed by atoms with Crippen molar-refractivity contribution in [3.63, 3.8) is 0 Å². The highest BCUT2D eigenvalue weighted by Crippen LogP contribution is 2.24. The highest BCUT2D eigenvalue weighted by Gasteiger charge is 2.16. The van der Waals surface area contributed by atoms with E-state index >= 15 is 0 Å². The van der Waals surface area contributed by atoms with Gasteiger partial charge in [0.25, 0.3) is 0 Å². The second-order valence-corrected chi connectivity index (χ2v) is 6.80. The maximum Gasteiger partial charge on any atom is 0.347 e. The van der Waals surface area contributed by atoms with Gasteiger partial charge in [0.05, 0.1) is 23.9 Å². The number of esters is 1. The van der Waals surface area contributed by atoms with Crippen LogP contribution in [0.2, 0.25) is 0 Å². The van der Waals surface area contributed by atoms with Gasteiger partial charge < -0.3 is 14.5 Å². The minimum Gasteiger partial charge on any atom is -0.462 e. The molecule has 4 aromatic rings. The van der Waals surface area contributed by atoms with Crippen LogP contribution in [-0.2, 0) is 16.1 Å². The molecule has 0 bridgehead atoms. The Bertz CT molecular complexity index is 1340. The molecule has 0 spiro atoms. The topological polar surface area (TPSA) is 103 Å². The molecule has 0 aliphatic rings. The molecule has 8 heteroatoms. The Hall–Kier alpha value is -3.94. The van der Waals surface area contributed by atoms with Gasteiger partial charge in [-0.15, -0.1) is 0 Å². The first kappa shape index (κ1) is 19.4. The highest BCUT2D eigenvalue weighted by atomic mass is 16.5. The van der Waals surface area contributed by atoms with Gasteiger partial charge in [-0.25, -0.2) is 9.59 Å². The molecule has 30 heavy (non-hydrogen) atoms. The average Bonchev–Trinajstić information content (AvgIpc) is 3.13. The molecular formula is C22H19N3O5. The van der Waals surface area contributed by atoms with Gasteiger partial charge in [0, 0.05) is 11.1 Å². The maximum atomic E-state index is 12.6. The number of aromatic nitrogens is 2. The number of fused-ring (bicyclic) bond motifs is 3. The third kappa shape index (κ3) is 3.67. The predicted octanol–water partition coefficient (Wildman–Crippen LogP) is 3.27. The van der Waals surface area contributed by atoms with Crippen LogP contribution in [-0.4, -0.2) is 28.3 Å². The van der Waals surface area contributed by atoms with Gasteiger partial charge in [-0.2, -0.15) is 5.10 Å². The van der Waals surface area contributed by atoms with Crippen molar-refractivity contribution in [2.75, 3.05) is 11.9 Å². The van der Waals surface area contributed by atoms with Gasteiger partial charge >= 0.3 is 11.6 Å². The number of amides is 1. The molecule has 0 saturated carbocycles. The number of anilines is 1.